The first-order valence-corrected chi connectivity index (χ1v) is 15.5. The minimum Gasteiger partial charge on any atom is -0.493 e. The summed E-state index contributed by atoms with van der Waals surface area (Å²) in [6, 6.07) is 10.0. The number of hydrogen-bond donors (Lipinski definition) is 3. The first kappa shape index (κ1) is 32.3. The molecule has 12 heteroatoms. The number of hydrogen-bond acceptors (Lipinski definition) is 9. The second kappa shape index (κ2) is 13.9. The zero-order valence-corrected chi connectivity index (χ0v) is 26.5. The van der Waals surface area contributed by atoms with Crippen molar-refractivity contribution in [3.8, 4) is 17.6 Å². The second-order valence-corrected chi connectivity index (χ2v) is 12.1. The van der Waals surface area contributed by atoms with Gasteiger partial charge in [0.15, 0.2) is 11.5 Å². The minimum absolute atomic E-state index is 0.0171. The number of fused-ring (bicyclic) bond motifs is 1. The molecule has 2 aromatic carbocycles. The van der Waals surface area contributed by atoms with Gasteiger partial charge in [-0.1, -0.05) is 23.8 Å². The standard InChI is InChI=1S/C33H39ClN6O5/c1-19(37-18-27(41)21-14-22(17-35)30(36)26(34)15-21)32(42)39-12-10-23(11-13-39)40-33(43)25-7-5-4-6-24(25)31(38-40)20-8-9-28(44-2)29(16-20)45-3/h4-5,8-9,14-16,19,23-25,27,37,41H,6-7,10-13,18,36H2,1-3H3. The van der Waals surface area contributed by atoms with Crippen LogP contribution in [0.1, 0.15) is 55.4 Å². The number of anilines is 1. The molecular weight excluding hydrogens is 596 g/mol. The number of aliphatic hydroxyl groups excluding tert-OH is 1. The Balaban J connectivity index is 1.24. The SMILES string of the molecule is COc1ccc(C2=NN(C3CCN(C(=O)C(C)NCC(O)c4cc(Cl)c(N)c(C#N)c4)CC3)C(=O)C3CC=CCC23)cc1OC. The van der Waals surface area contributed by atoms with E-state index < -0.39 is 12.1 Å². The number of aliphatic hydroxyl groups is 1. The Morgan fingerprint density at radius 3 is 2.51 bits per heavy atom. The number of nitrogens with one attached hydrogen (secondary N) is 1. The Kier molecular flexibility index (Phi) is 9.97. The number of rotatable bonds is 9. The van der Waals surface area contributed by atoms with Crippen LogP contribution in [0.25, 0.3) is 0 Å². The third kappa shape index (κ3) is 6.64. The molecule has 4 N–H and O–H groups in total. The summed E-state index contributed by atoms with van der Waals surface area (Å²) in [5.74, 6) is 0.969. The lowest BCUT2D eigenvalue weighted by Gasteiger charge is -2.43. The van der Waals surface area contributed by atoms with Crippen LogP contribution in [0.2, 0.25) is 5.02 Å². The summed E-state index contributed by atoms with van der Waals surface area (Å²) in [5, 5.41) is 29.9. The van der Waals surface area contributed by atoms with Gasteiger partial charge in [0.2, 0.25) is 11.8 Å². The van der Waals surface area contributed by atoms with E-state index in [0.29, 0.717) is 49.4 Å². The quantitative estimate of drug-likeness (QED) is 0.279. The molecule has 2 amide bonds. The van der Waals surface area contributed by atoms with Crippen molar-refractivity contribution in [1.29, 1.82) is 5.26 Å². The number of methoxy groups -OCH3 is 2. The van der Waals surface area contributed by atoms with Gasteiger partial charge in [-0.2, -0.15) is 10.4 Å². The maximum atomic E-state index is 13.7. The summed E-state index contributed by atoms with van der Waals surface area (Å²) in [7, 11) is 3.19. The molecule has 0 spiro atoms. The third-order valence-electron chi connectivity index (χ3n) is 8.99. The van der Waals surface area contributed by atoms with Gasteiger partial charge in [-0.3, -0.25) is 9.59 Å². The lowest BCUT2D eigenvalue weighted by atomic mass is 9.76. The summed E-state index contributed by atoms with van der Waals surface area (Å²) >= 11 is 6.12. The number of nitriles is 1. The van der Waals surface area contributed by atoms with Crippen LogP contribution in [0.3, 0.4) is 0 Å². The molecule has 0 bridgehead atoms. The molecule has 11 nitrogen and oxygen atoms in total. The van der Waals surface area contributed by atoms with Crippen molar-refractivity contribution < 1.29 is 24.2 Å². The Morgan fingerprint density at radius 2 is 1.84 bits per heavy atom. The number of amides is 2. The molecule has 2 aromatic rings. The number of allylic oxidation sites excluding steroid dienone is 2. The van der Waals surface area contributed by atoms with Crippen molar-refractivity contribution in [2.24, 2.45) is 16.9 Å². The monoisotopic (exact) mass is 634 g/mol. The number of ether oxygens (including phenoxy) is 2. The van der Waals surface area contributed by atoms with Gasteiger partial charge in [0.1, 0.15) is 6.07 Å². The second-order valence-electron chi connectivity index (χ2n) is 11.7. The lowest BCUT2D eigenvalue weighted by Crippen LogP contribution is -2.54. The number of carbonyl (C=O) groups excluding carboxylic acids is 2. The van der Waals surface area contributed by atoms with E-state index in [-0.39, 0.29) is 52.5 Å². The third-order valence-corrected chi connectivity index (χ3v) is 9.30. The zero-order chi connectivity index (χ0) is 32.2. The van der Waals surface area contributed by atoms with E-state index in [1.165, 1.54) is 12.1 Å². The van der Waals surface area contributed by atoms with E-state index in [1.807, 2.05) is 24.3 Å². The van der Waals surface area contributed by atoms with Crippen molar-refractivity contribution in [3.63, 3.8) is 0 Å². The summed E-state index contributed by atoms with van der Waals surface area (Å²) in [6.07, 6.45) is 5.82. The van der Waals surface area contributed by atoms with Gasteiger partial charge in [-0.05, 0) is 68.5 Å². The molecule has 4 unspecified atom stereocenters. The predicted octanol–water partition coefficient (Wildman–Crippen LogP) is 3.64. The molecular formula is C33H39ClN6O5. The van der Waals surface area contributed by atoms with Crippen LogP contribution in [-0.2, 0) is 9.59 Å². The van der Waals surface area contributed by atoms with Crippen LogP contribution in [0.5, 0.6) is 11.5 Å². The van der Waals surface area contributed by atoms with Crippen LogP contribution < -0.4 is 20.5 Å². The largest absolute Gasteiger partial charge is 0.493 e. The highest BCUT2D eigenvalue weighted by atomic mass is 35.5. The fourth-order valence-electron chi connectivity index (χ4n) is 6.35. The van der Waals surface area contributed by atoms with Gasteiger partial charge in [0.25, 0.3) is 0 Å². The number of piperidine rings is 1. The van der Waals surface area contributed by atoms with E-state index in [0.717, 1.165) is 17.7 Å². The molecule has 45 heavy (non-hydrogen) atoms. The number of likely N-dealkylation sites (tertiary alicyclic amines) is 1. The molecule has 0 saturated carbocycles. The molecule has 1 aliphatic carbocycles. The normalized spacial score (nSPS) is 21.4. The maximum absolute atomic E-state index is 13.7. The van der Waals surface area contributed by atoms with Gasteiger partial charge in [-0.25, -0.2) is 5.01 Å². The number of nitrogens with two attached hydrogens (primary N) is 1. The Morgan fingerprint density at radius 1 is 1.16 bits per heavy atom. The molecule has 0 radical (unpaired) electrons. The van der Waals surface area contributed by atoms with Crippen LogP contribution in [0, 0.1) is 23.2 Å². The van der Waals surface area contributed by atoms with Crippen LogP contribution in [0.15, 0.2) is 47.6 Å². The average molecular weight is 635 g/mol. The first-order chi connectivity index (χ1) is 21.7. The molecule has 3 aliphatic rings. The number of benzene rings is 2. The molecule has 238 valence electrons. The molecule has 1 saturated heterocycles. The molecule has 0 aromatic heterocycles. The van der Waals surface area contributed by atoms with Gasteiger partial charge in [0.05, 0.1) is 60.3 Å². The lowest BCUT2D eigenvalue weighted by molar-refractivity contribution is -0.142. The van der Waals surface area contributed by atoms with E-state index >= 15 is 0 Å². The molecule has 5 rings (SSSR count). The van der Waals surface area contributed by atoms with Crippen molar-refractivity contribution in [2.75, 3.05) is 39.6 Å². The summed E-state index contributed by atoms with van der Waals surface area (Å²) in [6.45, 7) is 2.80. The molecule has 2 heterocycles. The highest BCUT2D eigenvalue weighted by molar-refractivity contribution is 6.33. The average Bonchev–Trinajstić information content (AvgIpc) is 3.07. The van der Waals surface area contributed by atoms with Crippen molar-refractivity contribution in [3.05, 3.63) is 64.2 Å². The van der Waals surface area contributed by atoms with Gasteiger partial charge < -0.3 is 30.5 Å². The summed E-state index contributed by atoms with van der Waals surface area (Å²) in [5.41, 5.74) is 8.37. The minimum atomic E-state index is -0.988. The number of nitrogen functional groups attached to an aromatic ring is 1. The van der Waals surface area contributed by atoms with Crippen LogP contribution >= 0.6 is 11.6 Å². The van der Waals surface area contributed by atoms with Crippen molar-refractivity contribution >= 4 is 34.8 Å². The molecule has 1 fully saturated rings. The zero-order valence-electron chi connectivity index (χ0n) is 25.7. The first-order valence-electron chi connectivity index (χ1n) is 15.1. The van der Waals surface area contributed by atoms with Crippen LogP contribution in [-0.4, -0.2) is 78.5 Å². The Bertz CT molecular complexity index is 1550. The van der Waals surface area contributed by atoms with Crippen molar-refractivity contribution in [1.82, 2.24) is 15.2 Å². The van der Waals surface area contributed by atoms with E-state index in [2.05, 4.69) is 17.5 Å². The fourth-order valence-corrected chi connectivity index (χ4v) is 6.58. The van der Waals surface area contributed by atoms with E-state index in [9.17, 15) is 20.0 Å². The predicted molar refractivity (Wildman–Crippen MR) is 171 cm³/mol. The number of nitrogens with zero attached hydrogens (tertiary/aromatic N) is 4. The maximum Gasteiger partial charge on any atom is 0.247 e. The smallest absolute Gasteiger partial charge is 0.247 e. The number of halogens is 1. The topological polar surface area (TPSA) is 154 Å². The highest BCUT2D eigenvalue weighted by Gasteiger charge is 2.43. The van der Waals surface area contributed by atoms with Gasteiger partial charge in [-0.15, -0.1) is 0 Å². The molecule has 4 atom stereocenters. The summed E-state index contributed by atoms with van der Waals surface area (Å²) < 4.78 is 11.0. The van der Waals surface area contributed by atoms with E-state index in [1.54, 1.807) is 31.1 Å². The fraction of sp³-hybridized carbons (Fsp3) is 0.455. The van der Waals surface area contributed by atoms with Gasteiger partial charge in [0, 0.05) is 31.1 Å². The highest BCUT2D eigenvalue weighted by Crippen LogP contribution is 2.38. The molecule has 2 aliphatic heterocycles. The Hall–Kier alpha value is -4.11. The van der Waals surface area contributed by atoms with E-state index in [4.69, 9.17) is 31.9 Å². The number of carbonyl (C=O) groups is 2. The van der Waals surface area contributed by atoms with Crippen LogP contribution in [0.4, 0.5) is 5.69 Å². The summed E-state index contributed by atoms with van der Waals surface area (Å²) in [4.78, 5) is 28.8. The number of hydrazone groups is 1. The Labute approximate surface area is 268 Å². The van der Waals surface area contributed by atoms with Gasteiger partial charge >= 0.3 is 0 Å². The van der Waals surface area contributed by atoms with Crippen molar-refractivity contribution in [2.45, 2.75) is 50.8 Å².